The van der Waals surface area contributed by atoms with E-state index in [4.69, 9.17) is 4.74 Å². The molecule has 2 aromatic rings. The highest BCUT2D eigenvalue weighted by molar-refractivity contribution is 5.89. The topological polar surface area (TPSA) is 70.6 Å². The lowest BCUT2D eigenvalue weighted by Crippen LogP contribution is -2.28. The van der Waals surface area contributed by atoms with Crippen molar-refractivity contribution in [3.05, 3.63) is 65.2 Å². The highest BCUT2D eigenvalue weighted by Gasteiger charge is 2.05. The quantitative estimate of drug-likeness (QED) is 0.768. The van der Waals surface area contributed by atoms with E-state index in [1.165, 1.54) is 0 Å². The van der Waals surface area contributed by atoms with Crippen molar-refractivity contribution in [1.29, 1.82) is 0 Å². The van der Waals surface area contributed by atoms with E-state index >= 15 is 0 Å². The number of hydrogen-bond acceptors (Lipinski definition) is 3. The first-order valence-corrected chi connectivity index (χ1v) is 7.03. The summed E-state index contributed by atoms with van der Waals surface area (Å²) in [6.45, 7) is 0.819. The Balaban J connectivity index is 1.91. The number of rotatable bonds is 6. The summed E-state index contributed by atoms with van der Waals surface area (Å²) in [5, 5.41) is 14.8. The highest BCUT2D eigenvalue weighted by Crippen LogP contribution is 2.12. The van der Waals surface area contributed by atoms with Gasteiger partial charge in [0.05, 0.1) is 13.2 Å². The molecule has 0 spiro atoms. The number of benzene rings is 2. The van der Waals surface area contributed by atoms with Crippen molar-refractivity contribution in [2.45, 2.75) is 19.8 Å². The Labute approximate surface area is 129 Å². The average Bonchev–Trinajstić information content (AvgIpc) is 2.54. The summed E-state index contributed by atoms with van der Waals surface area (Å²) in [5.41, 5.74) is 3.41. The minimum Gasteiger partial charge on any atom is -0.392 e. The number of nitrogens with one attached hydrogen (secondary N) is 2. The molecule has 5 nitrogen and oxygen atoms in total. The third kappa shape index (κ3) is 4.58. The number of ether oxygens (including phenoxy) is 1. The van der Waals surface area contributed by atoms with E-state index < -0.39 is 0 Å². The second-order valence-corrected chi connectivity index (χ2v) is 4.87. The number of carbonyl (C=O) groups is 1. The van der Waals surface area contributed by atoms with Gasteiger partial charge in [0, 0.05) is 19.3 Å². The van der Waals surface area contributed by atoms with Crippen LogP contribution in [0.2, 0.25) is 0 Å². The second-order valence-electron chi connectivity index (χ2n) is 4.87. The Morgan fingerprint density at radius 1 is 1.14 bits per heavy atom. The Kier molecular flexibility index (Phi) is 5.94. The van der Waals surface area contributed by atoms with E-state index in [0.29, 0.717) is 18.8 Å². The maximum Gasteiger partial charge on any atom is 0.319 e. The van der Waals surface area contributed by atoms with Gasteiger partial charge < -0.3 is 20.5 Å². The summed E-state index contributed by atoms with van der Waals surface area (Å²) >= 11 is 0. The van der Waals surface area contributed by atoms with Gasteiger partial charge in [-0.1, -0.05) is 36.4 Å². The minimum absolute atomic E-state index is 0.0431. The van der Waals surface area contributed by atoms with Gasteiger partial charge in [-0.2, -0.15) is 0 Å². The van der Waals surface area contributed by atoms with Crippen LogP contribution < -0.4 is 10.6 Å². The molecule has 0 aromatic heterocycles. The Morgan fingerprint density at radius 3 is 2.64 bits per heavy atom. The van der Waals surface area contributed by atoms with Gasteiger partial charge in [0.25, 0.3) is 0 Å². The molecule has 22 heavy (non-hydrogen) atoms. The summed E-state index contributed by atoms with van der Waals surface area (Å²) in [6.07, 6.45) is 0. The fourth-order valence-electron chi connectivity index (χ4n) is 2.14. The standard InChI is InChI=1S/C17H20N2O3/c1-22-12-13-5-4-8-16(9-13)19-17(21)18-10-14-6-2-3-7-15(14)11-20/h2-9,20H,10-12H2,1H3,(H2,18,19,21). The zero-order valence-electron chi connectivity index (χ0n) is 12.5. The van der Waals surface area contributed by atoms with Gasteiger partial charge in [-0.15, -0.1) is 0 Å². The van der Waals surface area contributed by atoms with Crippen LogP contribution >= 0.6 is 0 Å². The Hall–Kier alpha value is -2.37. The molecule has 5 heteroatoms. The van der Waals surface area contributed by atoms with Crippen molar-refractivity contribution in [3.63, 3.8) is 0 Å². The van der Waals surface area contributed by atoms with Crippen molar-refractivity contribution in [2.24, 2.45) is 0 Å². The van der Waals surface area contributed by atoms with Gasteiger partial charge in [0.2, 0.25) is 0 Å². The highest BCUT2D eigenvalue weighted by atomic mass is 16.5. The largest absolute Gasteiger partial charge is 0.392 e. The maximum atomic E-state index is 11.9. The molecule has 0 heterocycles. The lowest BCUT2D eigenvalue weighted by molar-refractivity contribution is 0.185. The van der Waals surface area contributed by atoms with Crippen LogP contribution in [0.5, 0.6) is 0 Å². The lowest BCUT2D eigenvalue weighted by atomic mass is 10.1. The molecule has 2 aromatic carbocycles. The average molecular weight is 300 g/mol. The first-order chi connectivity index (χ1) is 10.7. The summed E-state index contributed by atoms with van der Waals surface area (Å²) in [4.78, 5) is 11.9. The van der Waals surface area contributed by atoms with Crippen molar-refractivity contribution in [2.75, 3.05) is 12.4 Å². The number of methoxy groups -OCH3 is 1. The van der Waals surface area contributed by atoms with Crippen molar-refractivity contribution >= 4 is 11.7 Å². The number of carbonyl (C=O) groups excluding carboxylic acids is 1. The molecular formula is C17H20N2O3. The molecule has 0 fully saturated rings. The normalized spacial score (nSPS) is 10.3. The van der Waals surface area contributed by atoms with Gasteiger partial charge in [0.15, 0.2) is 0 Å². The van der Waals surface area contributed by atoms with E-state index in [1.807, 2.05) is 48.5 Å². The van der Waals surface area contributed by atoms with Crippen LogP contribution in [0.4, 0.5) is 10.5 Å². The molecule has 2 amide bonds. The number of hydrogen-bond donors (Lipinski definition) is 3. The summed E-state index contributed by atoms with van der Waals surface area (Å²) in [7, 11) is 1.63. The molecule has 0 saturated heterocycles. The molecular weight excluding hydrogens is 280 g/mol. The van der Waals surface area contributed by atoms with Crippen LogP contribution in [0.25, 0.3) is 0 Å². The van der Waals surface area contributed by atoms with Gasteiger partial charge >= 0.3 is 6.03 Å². The predicted molar refractivity (Wildman–Crippen MR) is 85.4 cm³/mol. The number of amides is 2. The van der Waals surface area contributed by atoms with Crippen LogP contribution in [0, 0.1) is 0 Å². The lowest BCUT2D eigenvalue weighted by Gasteiger charge is -2.11. The smallest absolute Gasteiger partial charge is 0.319 e. The Morgan fingerprint density at radius 2 is 1.91 bits per heavy atom. The third-order valence-corrected chi connectivity index (χ3v) is 3.22. The van der Waals surface area contributed by atoms with Gasteiger partial charge in [-0.05, 0) is 28.8 Å². The second kappa shape index (κ2) is 8.17. The molecule has 0 aliphatic rings. The number of aliphatic hydroxyl groups is 1. The SMILES string of the molecule is COCc1cccc(NC(=O)NCc2ccccc2CO)c1. The fourth-order valence-corrected chi connectivity index (χ4v) is 2.14. The summed E-state index contributed by atoms with van der Waals surface area (Å²) < 4.78 is 5.07. The first-order valence-electron chi connectivity index (χ1n) is 7.03. The molecule has 0 atom stereocenters. The number of urea groups is 1. The molecule has 0 unspecified atom stereocenters. The fraction of sp³-hybridized carbons (Fsp3) is 0.235. The molecule has 116 valence electrons. The van der Waals surface area contributed by atoms with Crippen molar-refractivity contribution < 1.29 is 14.6 Å². The number of aliphatic hydroxyl groups excluding tert-OH is 1. The maximum absolute atomic E-state index is 11.9. The molecule has 0 aliphatic heterocycles. The van der Waals surface area contributed by atoms with Gasteiger partial charge in [0.1, 0.15) is 0 Å². The van der Waals surface area contributed by atoms with Crippen LogP contribution in [0.1, 0.15) is 16.7 Å². The van der Waals surface area contributed by atoms with Crippen molar-refractivity contribution in [3.8, 4) is 0 Å². The first kappa shape index (κ1) is 16.0. The van der Waals surface area contributed by atoms with E-state index in [1.54, 1.807) is 7.11 Å². The molecule has 0 radical (unpaired) electrons. The van der Waals surface area contributed by atoms with Crippen LogP contribution in [-0.4, -0.2) is 18.2 Å². The van der Waals surface area contributed by atoms with Crippen LogP contribution in [0.3, 0.4) is 0 Å². The summed E-state index contributed by atoms with van der Waals surface area (Å²) in [5.74, 6) is 0. The van der Waals surface area contributed by atoms with E-state index in [2.05, 4.69) is 10.6 Å². The van der Waals surface area contributed by atoms with Gasteiger partial charge in [-0.25, -0.2) is 4.79 Å². The van der Waals surface area contributed by atoms with E-state index in [0.717, 1.165) is 16.7 Å². The minimum atomic E-state index is -0.290. The molecule has 0 bridgehead atoms. The van der Waals surface area contributed by atoms with Crippen molar-refractivity contribution in [1.82, 2.24) is 5.32 Å². The predicted octanol–water partition coefficient (Wildman–Crippen LogP) is 2.65. The Bertz CT molecular complexity index is 629. The van der Waals surface area contributed by atoms with E-state index in [9.17, 15) is 9.90 Å². The monoisotopic (exact) mass is 300 g/mol. The van der Waals surface area contributed by atoms with E-state index in [-0.39, 0.29) is 12.6 Å². The van der Waals surface area contributed by atoms with Gasteiger partial charge in [-0.3, -0.25) is 0 Å². The van der Waals surface area contributed by atoms with Crippen LogP contribution in [0.15, 0.2) is 48.5 Å². The molecule has 2 rings (SSSR count). The van der Waals surface area contributed by atoms with Crippen LogP contribution in [-0.2, 0) is 24.5 Å². The molecule has 0 aliphatic carbocycles. The molecule has 0 saturated carbocycles. The zero-order valence-corrected chi connectivity index (χ0v) is 12.5. The molecule has 3 N–H and O–H groups in total. The number of anilines is 1. The summed E-state index contributed by atoms with van der Waals surface area (Å²) in [6, 6.07) is 14.6. The third-order valence-electron chi connectivity index (χ3n) is 3.22. The zero-order chi connectivity index (χ0) is 15.8.